The predicted octanol–water partition coefficient (Wildman–Crippen LogP) is 2.70. The summed E-state index contributed by atoms with van der Waals surface area (Å²) in [7, 11) is 0. The van der Waals surface area contributed by atoms with Gasteiger partial charge < -0.3 is 9.64 Å². The molecule has 2 aliphatic heterocycles. The Morgan fingerprint density at radius 2 is 2.00 bits per heavy atom. The Morgan fingerprint density at radius 1 is 1.24 bits per heavy atom. The average Bonchev–Trinajstić information content (AvgIpc) is 2.66. The van der Waals surface area contributed by atoms with Crippen molar-refractivity contribution in [3.63, 3.8) is 0 Å². The predicted molar refractivity (Wildman–Crippen MR) is 66.6 cm³/mol. The first-order valence-electron chi connectivity index (χ1n) is 6.36. The maximum Gasteiger partial charge on any atom is 0.318 e. The van der Waals surface area contributed by atoms with E-state index in [1.54, 1.807) is 0 Å². The second-order valence-electron chi connectivity index (χ2n) is 4.91. The van der Waals surface area contributed by atoms with Gasteiger partial charge in [0.1, 0.15) is 5.75 Å². The number of carbonyl (C=O) groups excluding carboxylic acids is 1. The molecule has 0 radical (unpaired) electrons. The number of fused-ring (bicyclic) bond motifs is 1. The molecule has 0 spiro atoms. The molecule has 0 aromatic heterocycles. The van der Waals surface area contributed by atoms with E-state index in [0.29, 0.717) is 0 Å². The highest BCUT2D eigenvalue weighted by Crippen LogP contribution is 2.37. The number of hydrogen-bond donors (Lipinski definition) is 0. The van der Waals surface area contributed by atoms with Crippen molar-refractivity contribution in [1.29, 1.82) is 0 Å². The van der Waals surface area contributed by atoms with Gasteiger partial charge in [-0.05, 0) is 32.3 Å². The van der Waals surface area contributed by atoms with E-state index in [1.807, 2.05) is 19.1 Å². The van der Waals surface area contributed by atoms with Crippen LogP contribution in [-0.4, -0.2) is 19.1 Å². The average molecular weight is 231 g/mol. The van der Waals surface area contributed by atoms with E-state index in [4.69, 9.17) is 4.74 Å². The number of benzene rings is 1. The van der Waals surface area contributed by atoms with Crippen LogP contribution in [0.1, 0.15) is 37.7 Å². The number of nitrogens with zero attached hydrogens (tertiary/aromatic N) is 1. The van der Waals surface area contributed by atoms with E-state index in [9.17, 15) is 4.79 Å². The van der Waals surface area contributed by atoms with Crippen molar-refractivity contribution in [2.75, 3.05) is 18.0 Å². The lowest BCUT2D eigenvalue weighted by atomic mass is 10.0. The first-order chi connectivity index (χ1) is 8.25. The van der Waals surface area contributed by atoms with Crippen LogP contribution in [0.4, 0.5) is 5.69 Å². The van der Waals surface area contributed by atoms with Crippen LogP contribution in [0.15, 0.2) is 18.2 Å². The largest absolute Gasteiger partial charge is 0.426 e. The SMILES string of the molecule is CC1C(=O)Oc2cc(N3CCCCC3)ccc21. The molecule has 0 bridgehead atoms. The van der Waals surface area contributed by atoms with Gasteiger partial charge in [-0.1, -0.05) is 6.07 Å². The first-order valence-corrected chi connectivity index (χ1v) is 6.36. The number of hydrogen-bond acceptors (Lipinski definition) is 3. The molecule has 1 atom stereocenters. The van der Waals surface area contributed by atoms with E-state index in [-0.39, 0.29) is 11.9 Å². The summed E-state index contributed by atoms with van der Waals surface area (Å²) >= 11 is 0. The lowest BCUT2D eigenvalue weighted by Gasteiger charge is -2.29. The summed E-state index contributed by atoms with van der Waals surface area (Å²) in [6.45, 7) is 4.12. The number of carbonyl (C=O) groups is 1. The zero-order chi connectivity index (χ0) is 11.8. The van der Waals surface area contributed by atoms with Crippen LogP contribution in [0.3, 0.4) is 0 Å². The van der Waals surface area contributed by atoms with Gasteiger partial charge in [0.05, 0.1) is 5.92 Å². The maximum absolute atomic E-state index is 11.5. The fourth-order valence-electron chi connectivity index (χ4n) is 2.64. The molecule has 0 aliphatic carbocycles. The normalized spacial score (nSPS) is 23.5. The van der Waals surface area contributed by atoms with Gasteiger partial charge in [-0.3, -0.25) is 4.79 Å². The van der Waals surface area contributed by atoms with Gasteiger partial charge in [-0.15, -0.1) is 0 Å². The first kappa shape index (κ1) is 10.6. The van der Waals surface area contributed by atoms with E-state index in [1.165, 1.54) is 24.9 Å². The number of esters is 1. The standard InChI is InChI=1S/C14H17NO2/c1-10-12-6-5-11(9-13(12)17-14(10)16)15-7-3-2-4-8-15/h5-6,9-10H,2-4,7-8H2,1H3. The summed E-state index contributed by atoms with van der Waals surface area (Å²) < 4.78 is 5.28. The Morgan fingerprint density at radius 3 is 2.76 bits per heavy atom. The van der Waals surface area contributed by atoms with Gasteiger partial charge in [0.2, 0.25) is 0 Å². The Hall–Kier alpha value is -1.51. The molecule has 0 amide bonds. The molecule has 1 aromatic carbocycles. The van der Waals surface area contributed by atoms with Crippen LogP contribution in [-0.2, 0) is 4.79 Å². The third kappa shape index (κ3) is 1.79. The minimum Gasteiger partial charge on any atom is -0.426 e. The summed E-state index contributed by atoms with van der Waals surface area (Å²) in [6, 6.07) is 6.17. The molecule has 1 saturated heterocycles. The highest BCUT2D eigenvalue weighted by Gasteiger charge is 2.29. The maximum atomic E-state index is 11.5. The molecule has 1 fully saturated rings. The molecule has 3 nitrogen and oxygen atoms in total. The molecular weight excluding hydrogens is 214 g/mol. The highest BCUT2D eigenvalue weighted by atomic mass is 16.5. The summed E-state index contributed by atoms with van der Waals surface area (Å²) in [5.74, 6) is 0.516. The van der Waals surface area contributed by atoms with Crippen LogP contribution < -0.4 is 9.64 Å². The molecule has 1 aromatic rings. The van der Waals surface area contributed by atoms with Crippen LogP contribution >= 0.6 is 0 Å². The number of anilines is 1. The second-order valence-corrected chi connectivity index (χ2v) is 4.91. The molecule has 2 aliphatic rings. The Kier molecular flexibility index (Phi) is 2.54. The molecule has 1 unspecified atom stereocenters. The topological polar surface area (TPSA) is 29.5 Å². The lowest BCUT2D eigenvalue weighted by molar-refractivity contribution is -0.133. The fourth-order valence-corrected chi connectivity index (χ4v) is 2.64. The molecule has 17 heavy (non-hydrogen) atoms. The summed E-state index contributed by atoms with van der Waals surface area (Å²) in [5, 5.41) is 0. The quantitative estimate of drug-likeness (QED) is 0.549. The van der Waals surface area contributed by atoms with Crippen molar-refractivity contribution in [3.05, 3.63) is 23.8 Å². The van der Waals surface area contributed by atoms with Gasteiger partial charge in [0.25, 0.3) is 0 Å². The third-order valence-corrected chi connectivity index (χ3v) is 3.75. The van der Waals surface area contributed by atoms with Gasteiger partial charge in [-0.2, -0.15) is 0 Å². The number of piperidine rings is 1. The molecule has 0 saturated carbocycles. The molecule has 0 N–H and O–H groups in total. The summed E-state index contributed by atoms with van der Waals surface area (Å²) in [6.07, 6.45) is 3.84. The Bertz CT molecular complexity index is 450. The van der Waals surface area contributed by atoms with Gasteiger partial charge in [0, 0.05) is 30.4 Å². The molecule has 3 rings (SSSR count). The zero-order valence-electron chi connectivity index (χ0n) is 10.1. The minimum absolute atomic E-state index is 0.111. The Balaban J connectivity index is 1.89. The number of ether oxygens (including phenoxy) is 1. The fraction of sp³-hybridized carbons (Fsp3) is 0.500. The minimum atomic E-state index is -0.129. The van der Waals surface area contributed by atoms with Gasteiger partial charge in [-0.25, -0.2) is 0 Å². The van der Waals surface area contributed by atoms with E-state index < -0.39 is 0 Å². The molecule has 90 valence electrons. The molecular formula is C14H17NO2. The summed E-state index contributed by atoms with van der Waals surface area (Å²) in [4.78, 5) is 13.9. The highest BCUT2D eigenvalue weighted by molar-refractivity contribution is 5.86. The lowest BCUT2D eigenvalue weighted by Crippen LogP contribution is -2.29. The van der Waals surface area contributed by atoms with Crippen molar-refractivity contribution in [2.45, 2.75) is 32.1 Å². The molecule has 3 heteroatoms. The van der Waals surface area contributed by atoms with Crippen molar-refractivity contribution >= 4 is 11.7 Å². The van der Waals surface area contributed by atoms with E-state index >= 15 is 0 Å². The van der Waals surface area contributed by atoms with Crippen LogP contribution in [0.25, 0.3) is 0 Å². The molecule has 2 heterocycles. The zero-order valence-corrected chi connectivity index (χ0v) is 10.1. The van der Waals surface area contributed by atoms with Gasteiger partial charge >= 0.3 is 5.97 Å². The van der Waals surface area contributed by atoms with Crippen LogP contribution in [0.5, 0.6) is 5.75 Å². The van der Waals surface area contributed by atoms with E-state index in [0.717, 1.165) is 24.4 Å². The van der Waals surface area contributed by atoms with Crippen LogP contribution in [0.2, 0.25) is 0 Å². The van der Waals surface area contributed by atoms with Crippen molar-refractivity contribution in [3.8, 4) is 5.75 Å². The van der Waals surface area contributed by atoms with Crippen molar-refractivity contribution < 1.29 is 9.53 Å². The second kappa shape index (κ2) is 4.06. The Labute approximate surface area is 101 Å². The smallest absolute Gasteiger partial charge is 0.318 e. The third-order valence-electron chi connectivity index (χ3n) is 3.75. The number of rotatable bonds is 1. The van der Waals surface area contributed by atoms with Crippen LogP contribution in [0, 0.1) is 0 Å². The van der Waals surface area contributed by atoms with Gasteiger partial charge in [0.15, 0.2) is 0 Å². The summed E-state index contributed by atoms with van der Waals surface area (Å²) in [5.41, 5.74) is 2.21. The monoisotopic (exact) mass is 231 g/mol. The van der Waals surface area contributed by atoms with E-state index in [2.05, 4.69) is 11.0 Å². The van der Waals surface area contributed by atoms with Crippen molar-refractivity contribution in [2.24, 2.45) is 0 Å². The van der Waals surface area contributed by atoms with Crippen molar-refractivity contribution in [1.82, 2.24) is 0 Å².